The molecule has 1 unspecified atom stereocenters. The highest BCUT2D eigenvalue weighted by Crippen LogP contribution is 2.36. The normalized spacial score (nSPS) is 12.7. The SMILES string of the molecule is Cc1ccccc1CC(NN)c1cc(Cl)sc1Cl. The third-order valence-electron chi connectivity index (χ3n) is 2.94. The number of hydrazine groups is 1. The summed E-state index contributed by atoms with van der Waals surface area (Å²) in [5, 5.41) is 0. The van der Waals surface area contributed by atoms with E-state index in [0.717, 1.165) is 12.0 Å². The number of hydrogen-bond acceptors (Lipinski definition) is 3. The van der Waals surface area contributed by atoms with Crippen molar-refractivity contribution in [2.24, 2.45) is 5.84 Å². The van der Waals surface area contributed by atoms with Crippen molar-refractivity contribution in [2.45, 2.75) is 19.4 Å². The summed E-state index contributed by atoms with van der Waals surface area (Å²) in [7, 11) is 0. The van der Waals surface area contributed by atoms with E-state index < -0.39 is 0 Å². The van der Waals surface area contributed by atoms with Gasteiger partial charge >= 0.3 is 0 Å². The van der Waals surface area contributed by atoms with E-state index in [1.54, 1.807) is 0 Å². The molecule has 0 saturated carbocycles. The van der Waals surface area contributed by atoms with Gasteiger partial charge in [0.1, 0.15) is 0 Å². The molecule has 2 aromatic rings. The van der Waals surface area contributed by atoms with Crippen LogP contribution >= 0.6 is 34.5 Å². The monoisotopic (exact) mass is 300 g/mol. The van der Waals surface area contributed by atoms with Gasteiger partial charge in [0.05, 0.1) is 14.7 Å². The standard InChI is InChI=1S/C13H14Cl2N2S/c1-8-4-2-3-5-9(8)6-11(17-16)10-7-12(14)18-13(10)15/h2-5,7,11,17H,6,16H2,1H3. The van der Waals surface area contributed by atoms with Crippen LogP contribution in [-0.2, 0) is 6.42 Å². The molecule has 0 amide bonds. The van der Waals surface area contributed by atoms with E-state index in [4.69, 9.17) is 29.0 Å². The van der Waals surface area contributed by atoms with Gasteiger partial charge in [-0.25, -0.2) is 0 Å². The Morgan fingerprint density at radius 1 is 1.33 bits per heavy atom. The van der Waals surface area contributed by atoms with Crippen LogP contribution in [0.2, 0.25) is 8.67 Å². The van der Waals surface area contributed by atoms with Crippen molar-refractivity contribution in [1.29, 1.82) is 0 Å². The van der Waals surface area contributed by atoms with Crippen molar-refractivity contribution in [3.8, 4) is 0 Å². The van der Waals surface area contributed by atoms with Gasteiger partial charge in [0.25, 0.3) is 0 Å². The van der Waals surface area contributed by atoms with Crippen molar-refractivity contribution in [1.82, 2.24) is 5.43 Å². The van der Waals surface area contributed by atoms with Crippen LogP contribution in [0, 0.1) is 6.92 Å². The molecule has 5 heteroatoms. The Morgan fingerprint density at radius 3 is 2.61 bits per heavy atom. The number of benzene rings is 1. The predicted molar refractivity (Wildman–Crippen MR) is 79.3 cm³/mol. The minimum Gasteiger partial charge on any atom is -0.271 e. The number of aryl methyl sites for hydroxylation is 1. The smallest absolute Gasteiger partial charge is 0.0992 e. The first-order chi connectivity index (χ1) is 8.61. The van der Waals surface area contributed by atoms with E-state index in [2.05, 4.69) is 24.5 Å². The van der Waals surface area contributed by atoms with E-state index in [-0.39, 0.29) is 6.04 Å². The summed E-state index contributed by atoms with van der Waals surface area (Å²) in [6, 6.07) is 10.1. The zero-order valence-corrected chi connectivity index (χ0v) is 12.2. The van der Waals surface area contributed by atoms with E-state index >= 15 is 0 Å². The molecule has 0 spiro atoms. The average Bonchev–Trinajstić information content (AvgIpc) is 2.67. The van der Waals surface area contributed by atoms with Crippen molar-refractivity contribution >= 4 is 34.5 Å². The Balaban J connectivity index is 2.25. The van der Waals surface area contributed by atoms with Gasteiger partial charge < -0.3 is 0 Å². The maximum atomic E-state index is 6.16. The van der Waals surface area contributed by atoms with Crippen LogP contribution in [0.15, 0.2) is 30.3 Å². The van der Waals surface area contributed by atoms with Crippen LogP contribution in [0.25, 0.3) is 0 Å². The molecule has 96 valence electrons. The summed E-state index contributed by atoms with van der Waals surface area (Å²) in [5.41, 5.74) is 6.26. The molecule has 0 aliphatic carbocycles. The van der Waals surface area contributed by atoms with Crippen molar-refractivity contribution in [3.63, 3.8) is 0 Å². The number of hydrogen-bond donors (Lipinski definition) is 2. The highest BCUT2D eigenvalue weighted by molar-refractivity contribution is 7.20. The number of rotatable bonds is 4. The Labute approximate surface area is 121 Å². The summed E-state index contributed by atoms with van der Waals surface area (Å²) in [6.45, 7) is 2.09. The van der Waals surface area contributed by atoms with Gasteiger partial charge in [-0.1, -0.05) is 47.5 Å². The predicted octanol–water partition coefficient (Wildman–Crippen LogP) is 4.11. The number of thiophene rings is 1. The van der Waals surface area contributed by atoms with E-state index in [1.807, 2.05) is 18.2 Å². The molecule has 2 rings (SSSR count). The molecule has 1 atom stereocenters. The maximum absolute atomic E-state index is 6.16. The Hall–Kier alpha value is -0.580. The summed E-state index contributed by atoms with van der Waals surface area (Å²) in [6.07, 6.45) is 0.788. The molecule has 0 bridgehead atoms. The Kier molecular flexibility index (Phi) is 4.65. The lowest BCUT2D eigenvalue weighted by molar-refractivity contribution is 0.552. The Morgan fingerprint density at radius 2 is 2.06 bits per heavy atom. The average molecular weight is 301 g/mol. The number of halogens is 2. The molecule has 0 radical (unpaired) electrons. The van der Waals surface area contributed by atoms with Crippen LogP contribution < -0.4 is 11.3 Å². The Bertz CT molecular complexity index is 540. The second kappa shape index (κ2) is 6.04. The van der Waals surface area contributed by atoms with Gasteiger partial charge in [0.15, 0.2) is 0 Å². The van der Waals surface area contributed by atoms with Crippen molar-refractivity contribution in [3.05, 3.63) is 55.7 Å². The molecule has 1 aromatic carbocycles. The maximum Gasteiger partial charge on any atom is 0.0992 e. The molecule has 0 aliphatic rings. The minimum atomic E-state index is -0.0256. The van der Waals surface area contributed by atoms with Crippen molar-refractivity contribution < 1.29 is 0 Å². The van der Waals surface area contributed by atoms with Gasteiger partial charge in [-0.2, -0.15) is 0 Å². The van der Waals surface area contributed by atoms with Gasteiger partial charge in [-0.05, 0) is 30.5 Å². The summed E-state index contributed by atoms with van der Waals surface area (Å²) < 4.78 is 1.37. The van der Waals surface area contributed by atoms with Gasteiger partial charge in [-0.15, -0.1) is 11.3 Å². The lowest BCUT2D eigenvalue weighted by Crippen LogP contribution is -2.29. The molecule has 18 heavy (non-hydrogen) atoms. The second-order valence-electron chi connectivity index (χ2n) is 4.13. The topological polar surface area (TPSA) is 38.0 Å². The first-order valence-electron chi connectivity index (χ1n) is 5.57. The fourth-order valence-corrected chi connectivity index (χ4v) is 3.49. The molecular formula is C13H14Cl2N2S. The third kappa shape index (κ3) is 3.05. The lowest BCUT2D eigenvalue weighted by Gasteiger charge is -2.16. The highest BCUT2D eigenvalue weighted by atomic mass is 35.5. The third-order valence-corrected chi connectivity index (χ3v) is 4.46. The largest absolute Gasteiger partial charge is 0.271 e. The minimum absolute atomic E-state index is 0.0256. The van der Waals surface area contributed by atoms with Crippen molar-refractivity contribution in [2.75, 3.05) is 0 Å². The zero-order chi connectivity index (χ0) is 13.1. The quantitative estimate of drug-likeness (QED) is 0.659. The molecule has 0 aliphatic heterocycles. The van der Waals surface area contributed by atoms with Crippen LogP contribution in [0.3, 0.4) is 0 Å². The summed E-state index contributed by atoms with van der Waals surface area (Å²) in [4.78, 5) is 0. The fraction of sp³-hybridized carbons (Fsp3) is 0.231. The molecule has 0 saturated heterocycles. The van der Waals surface area contributed by atoms with Crippen LogP contribution in [0.5, 0.6) is 0 Å². The van der Waals surface area contributed by atoms with E-state index in [0.29, 0.717) is 8.67 Å². The number of nitrogens with one attached hydrogen (secondary N) is 1. The molecular weight excluding hydrogens is 287 g/mol. The second-order valence-corrected chi connectivity index (χ2v) is 6.41. The first-order valence-corrected chi connectivity index (χ1v) is 7.14. The van der Waals surface area contributed by atoms with Crippen LogP contribution in [0.1, 0.15) is 22.7 Å². The molecule has 0 fully saturated rings. The molecule has 1 aromatic heterocycles. The van der Waals surface area contributed by atoms with Gasteiger partial charge in [0, 0.05) is 5.56 Å². The van der Waals surface area contributed by atoms with E-state index in [1.165, 1.54) is 22.5 Å². The zero-order valence-electron chi connectivity index (χ0n) is 9.91. The van der Waals surface area contributed by atoms with Gasteiger partial charge in [-0.3, -0.25) is 11.3 Å². The number of nitrogens with two attached hydrogens (primary N) is 1. The molecule has 1 heterocycles. The first kappa shape index (κ1) is 13.8. The molecule has 2 nitrogen and oxygen atoms in total. The van der Waals surface area contributed by atoms with Gasteiger partial charge in [0.2, 0.25) is 0 Å². The fourth-order valence-electron chi connectivity index (χ4n) is 1.91. The lowest BCUT2D eigenvalue weighted by atomic mass is 9.98. The van der Waals surface area contributed by atoms with Crippen LogP contribution in [0.4, 0.5) is 0 Å². The summed E-state index contributed by atoms with van der Waals surface area (Å²) >= 11 is 13.5. The van der Waals surface area contributed by atoms with Crippen LogP contribution in [-0.4, -0.2) is 0 Å². The molecule has 3 N–H and O–H groups in total. The van der Waals surface area contributed by atoms with E-state index in [9.17, 15) is 0 Å². The summed E-state index contributed by atoms with van der Waals surface area (Å²) in [5.74, 6) is 5.63. The highest BCUT2D eigenvalue weighted by Gasteiger charge is 2.17.